The summed E-state index contributed by atoms with van der Waals surface area (Å²) in [6, 6.07) is 21.5. The van der Waals surface area contributed by atoms with Crippen LogP contribution in [0.4, 0.5) is 0 Å². The van der Waals surface area contributed by atoms with E-state index >= 15 is 0 Å². The Morgan fingerprint density at radius 1 is 0.897 bits per heavy atom. The van der Waals surface area contributed by atoms with Crippen LogP contribution in [0.15, 0.2) is 76.7 Å². The van der Waals surface area contributed by atoms with E-state index in [1.807, 2.05) is 12.1 Å². The quantitative estimate of drug-likeness (QED) is 0.251. The lowest BCUT2D eigenvalue weighted by atomic mass is 9.93. The van der Waals surface area contributed by atoms with Gasteiger partial charge in [0.1, 0.15) is 11.3 Å². The van der Waals surface area contributed by atoms with Crippen molar-refractivity contribution in [2.24, 2.45) is 4.99 Å². The molecule has 0 unspecified atom stereocenters. The highest BCUT2D eigenvalue weighted by molar-refractivity contribution is 6.22. The lowest BCUT2D eigenvalue weighted by Gasteiger charge is -2.10. The SMILES string of the molecule is C=Cc1oc2cccc3c4cc(-c5ccc(CN=C)cc5)ccc4/c(=C/C)c1c23. The van der Waals surface area contributed by atoms with Gasteiger partial charge in [0.2, 0.25) is 0 Å². The maximum absolute atomic E-state index is 6.10. The molecule has 0 amide bonds. The Hall–Kier alpha value is -3.65. The summed E-state index contributed by atoms with van der Waals surface area (Å²) >= 11 is 0. The molecule has 2 heteroatoms. The molecule has 0 saturated carbocycles. The molecular formula is C27H21NO. The van der Waals surface area contributed by atoms with Crippen molar-refractivity contribution >= 4 is 51.4 Å². The largest absolute Gasteiger partial charge is 0.456 e. The molecule has 0 N–H and O–H groups in total. The van der Waals surface area contributed by atoms with Crippen LogP contribution in [-0.4, -0.2) is 6.72 Å². The number of nitrogens with zero attached hydrogens (tertiary/aromatic N) is 1. The van der Waals surface area contributed by atoms with Crippen LogP contribution >= 0.6 is 0 Å². The molecule has 1 heterocycles. The zero-order chi connectivity index (χ0) is 20.0. The number of furan rings is 1. The fraction of sp³-hybridized carbons (Fsp3) is 0.0741. The first-order chi connectivity index (χ1) is 14.2. The molecule has 0 aliphatic rings. The van der Waals surface area contributed by atoms with E-state index in [1.165, 1.54) is 43.5 Å². The Balaban J connectivity index is 1.84. The monoisotopic (exact) mass is 375 g/mol. The van der Waals surface area contributed by atoms with Gasteiger partial charge in [0, 0.05) is 10.8 Å². The minimum Gasteiger partial charge on any atom is -0.456 e. The lowest BCUT2D eigenvalue weighted by Crippen LogP contribution is -2.04. The van der Waals surface area contributed by atoms with Gasteiger partial charge in [0.25, 0.3) is 0 Å². The van der Waals surface area contributed by atoms with Crippen LogP contribution < -0.4 is 5.22 Å². The van der Waals surface area contributed by atoms with Crippen molar-refractivity contribution in [1.82, 2.24) is 0 Å². The van der Waals surface area contributed by atoms with Crippen molar-refractivity contribution in [2.45, 2.75) is 13.5 Å². The van der Waals surface area contributed by atoms with E-state index in [0.29, 0.717) is 6.54 Å². The normalized spacial score (nSPS) is 12.2. The van der Waals surface area contributed by atoms with E-state index < -0.39 is 0 Å². The second-order valence-electron chi connectivity index (χ2n) is 7.27. The van der Waals surface area contributed by atoms with Crippen LogP contribution in [0.1, 0.15) is 18.2 Å². The molecule has 0 aliphatic carbocycles. The zero-order valence-electron chi connectivity index (χ0n) is 16.4. The second-order valence-corrected chi connectivity index (χ2v) is 7.27. The van der Waals surface area contributed by atoms with Crippen LogP contribution in [-0.2, 0) is 6.54 Å². The number of aliphatic imine (C=N–C) groups is 1. The summed E-state index contributed by atoms with van der Waals surface area (Å²) < 4.78 is 6.10. The highest BCUT2D eigenvalue weighted by Crippen LogP contribution is 2.36. The first-order valence-corrected chi connectivity index (χ1v) is 9.76. The van der Waals surface area contributed by atoms with Gasteiger partial charge >= 0.3 is 0 Å². The fourth-order valence-electron chi connectivity index (χ4n) is 4.35. The van der Waals surface area contributed by atoms with Crippen LogP contribution in [0.5, 0.6) is 0 Å². The number of fused-ring (bicyclic) bond motifs is 2. The lowest BCUT2D eigenvalue weighted by molar-refractivity contribution is 0.608. The van der Waals surface area contributed by atoms with Gasteiger partial charge in [-0.3, -0.25) is 4.99 Å². The average Bonchev–Trinajstić information content (AvgIpc) is 3.14. The van der Waals surface area contributed by atoms with Gasteiger partial charge in [-0.2, -0.15) is 0 Å². The van der Waals surface area contributed by atoms with Crippen LogP contribution in [0.3, 0.4) is 0 Å². The molecule has 0 aliphatic heterocycles. The Morgan fingerprint density at radius 2 is 1.69 bits per heavy atom. The molecule has 140 valence electrons. The molecule has 1 aromatic heterocycles. The molecule has 0 spiro atoms. The smallest absolute Gasteiger partial charge is 0.136 e. The summed E-state index contributed by atoms with van der Waals surface area (Å²) in [7, 11) is 0. The Bertz CT molecular complexity index is 1450. The summed E-state index contributed by atoms with van der Waals surface area (Å²) in [5, 5.41) is 7.20. The van der Waals surface area contributed by atoms with Crippen molar-refractivity contribution in [3.05, 3.63) is 83.8 Å². The molecule has 0 radical (unpaired) electrons. The molecule has 0 saturated heterocycles. The predicted molar refractivity (Wildman–Crippen MR) is 125 cm³/mol. The van der Waals surface area contributed by atoms with Gasteiger partial charge in [-0.25, -0.2) is 0 Å². The second kappa shape index (κ2) is 6.75. The molecule has 29 heavy (non-hydrogen) atoms. The predicted octanol–water partition coefficient (Wildman–Crippen LogP) is 6.77. The number of hydrogen-bond acceptors (Lipinski definition) is 2. The number of benzene rings is 4. The summed E-state index contributed by atoms with van der Waals surface area (Å²) in [6.07, 6.45) is 3.98. The molecule has 5 aromatic rings. The van der Waals surface area contributed by atoms with Gasteiger partial charge in [0.05, 0.1) is 6.54 Å². The van der Waals surface area contributed by atoms with Gasteiger partial charge in [-0.05, 0) is 69.9 Å². The third kappa shape index (κ3) is 2.60. The molecule has 0 bridgehead atoms. The summed E-state index contributed by atoms with van der Waals surface area (Å²) in [4.78, 5) is 3.96. The first-order valence-electron chi connectivity index (χ1n) is 9.76. The molecular weight excluding hydrogens is 354 g/mol. The Morgan fingerprint density at radius 3 is 2.41 bits per heavy atom. The summed E-state index contributed by atoms with van der Waals surface area (Å²) in [6.45, 7) is 10.3. The van der Waals surface area contributed by atoms with Crippen molar-refractivity contribution in [3.63, 3.8) is 0 Å². The molecule has 0 fully saturated rings. The van der Waals surface area contributed by atoms with Gasteiger partial charge in [-0.1, -0.05) is 61.2 Å². The zero-order valence-corrected chi connectivity index (χ0v) is 16.4. The van der Waals surface area contributed by atoms with E-state index in [4.69, 9.17) is 4.42 Å². The minimum absolute atomic E-state index is 0.645. The third-order valence-corrected chi connectivity index (χ3v) is 5.67. The van der Waals surface area contributed by atoms with Crippen molar-refractivity contribution in [2.75, 3.05) is 0 Å². The van der Waals surface area contributed by atoms with Crippen LogP contribution in [0, 0.1) is 0 Å². The number of hydrogen-bond donors (Lipinski definition) is 0. The molecule has 4 aromatic carbocycles. The van der Waals surface area contributed by atoms with Gasteiger partial charge in [-0.15, -0.1) is 0 Å². The van der Waals surface area contributed by atoms with E-state index in [2.05, 4.69) is 85.9 Å². The van der Waals surface area contributed by atoms with Gasteiger partial charge < -0.3 is 4.42 Å². The van der Waals surface area contributed by atoms with Crippen molar-refractivity contribution in [3.8, 4) is 11.1 Å². The summed E-state index contributed by atoms with van der Waals surface area (Å²) in [5.74, 6) is 0.835. The topological polar surface area (TPSA) is 25.5 Å². The molecule has 2 nitrogen and oxygen atoms in total. The van der Waals surface area contributed by atoms with Crippen molar-refractivity contribution < 1.29 is 4.42 Å². The molecule has 5 rings (SSSR count). The highest BCUT2D eigenvalue weighted by Gasteiger charge is 2.16. The van der Waals surface area contributed by atoms with Crippen LogP contribution in [0.2, 0.25) is 0 Å². The van der Waals surface area contributed by atoms with Crippen molar-refractivity contribution in [1.29, 1.82) is 0 Å². The maximum Gasteiger partial charge on any atom is 0.136 e. The first kappa shape index (κ1) is 17.4. The fourth-order valence-corrected chi connectivity index (χ4v) is 4.35. The van der Waals surface area contributed by atoms with E-state index in [-0.39, 0.29) is 0 Å². The third-order valence-electron chi connectivity index (χ3n) is 5.67. The number of rotatable bonds is 4. The Labute approximate surface area is 169 Å². The highest BCUT2D eigenvalue weighted by atomic mass is 16.3. The van der Waals surface area contributed by atoms with Gasteiger partial charge in [0.15, 0.2) is 0 Å². The van der Waals surface area contributed by atoms with E-state index in [1.54, 1.807) is 0 Å². The van der Waals surface area contributed by atoms with E-state index in [0.717, 1.165) is 16.7 Å². The maximum atomic E-state index is 6.10. The average molecular weight is 375 g/mol. The summed E-state index contributed by atoms with van der Waals surface area (Å²) in [5.41, 5.74) is 4.47. The standard InChI is InChI=1S/C27H21NO/c1-4-20-21-14-13-19(18-11-9-17(10-12-18)16-28-3)15-23(21)22-7-6-8-25-27(22)26(20)24(5-2)29-25/h4-15H,2-3,16H2,1H3/b20-4-. The minimum atomic E-state index is 0.645. The van der Waals surface area contributed by atoms with Crippen LogP contribution in [0.25, 0.3) is 55.8 Å². The Kier molecular flexibility index (Phi) is 4.06. The molecule has 0 atom stereocenters. The van der Waals surface area contributed by atoms with E-state index in [9.17, 15) is 0 Å².